The van der Waals surface area contributed by atoms with Crippen LogP contribution in [0.15, 0.2) is 29.4 Å². The first kappa shape index (κ1) is 16.5. The third-order valence-electron chi connectivity index (χ3n) is 4.32. The number of hydrogen-bond donors (Lipinski definition) is 0. The van der Waals surface area contributed by atoms with Crippen molar-refractivity contribution >= 4 is 21.4 Å². The predicted molar refractivity (Wildman–Crippen MR) is 92.4 cm³/mol. The quantitative estimate of drug-likeness (QED) is 0.829. The summed E-state index contributed by atoms with van der Waals surface area (Å²) < 4.78 is 26.8. The fourth-order valence-corrected chi connectivity index (χ4v) is 4.43. The van der Waals surface area contributed by atoms with Crippen molar-refractivity contribution in [3.05, 3.63) is 29.8 Å². The van der Waals surface area contributed by atoms with E-state index in [2.05, 4.69) is 33.3 Å². The highest BCUT2D eigenvalue weighted by atomic mass is 32.2. The van der Waals surface area contributed by atoms with Crippen molar-refractivity contribution < 1.29 is 8.42 Å². The van der Waals surface area contributed by atoms with Gasteiger partial charge in [0, 0.05) is 24.4 Å². The monoisotopic (exact) mass is 351 g/mol. The van der Waals surface area contributed by atoms with Gasteiger partial charge < -0.3 is 4.90 Å². The maximum atomic E-state index is 11.4. The number of sulfone groups is 1. The maximum Gasteiger partial charge on any atom is 0.259 e. The van der Waals surface area contributed by atoms with Crippen LogP contribution in [0.3, 0.4) is 0 Å². The van der Waals surface area contributed by atoms with E-state index in [0.29, 0.717) is 11.0 Å². The average molecular weight is 351 g/mol. The van der Waals surface area contributed by atoms with Crippen LogP contribution >= 0.6 is 11.5 Å². The molecule has 0 N–H and O–H groups in total. The lowest BCUT2D eigenvalue weighted by Gasteiger charge is -2.20. The zero-order chi connectivity index (χ0) is 16.4. The van der Waals surface area contributed by atoms with Gasteiger partial charge in [0.25, 0.3) is 5.16 Å². The summed E-state index contributed by atoms with van der Waals surface area (Å²) in [6, 6.07) is 8.88. The van der Waals surface area contributed by atoms with E-state index in [1.54, 1.807) is 0 Å². The minimum absolute atomic E-state index is 0.0930. The lowest BCUT2D eigenvalue weighted by molar-refractivity contribution is 0.272. The molecule has 1 saturated heterocycles. The van der Waals surface area contributed by atoms with Crippen LogP contribution in [0.2, 0.25) is 0 Å². The van der Waals surface area contributed by atoms with Gasteiger partial charge in [-0.15, -0.1) is 0 Å². The Labute approximate surface area is 141 Å². The fourth-order valence-electron chi connectivity index (χ4n) is 2.89. The van der Waals surface area contributed by atoms with Crippen LogP contribution in [0.25, 0.3) is 10.6 Å². The molecule has 1 aliphatic heterocycles. The van der Waals surface area contributed by atoms with Gasteiger partial charge in [-0.3, -0.25) is 0 Å². The molecular formula is C16H21N3O2S2. The first-order valence-electron chi connectivity index (χ1n) is 7.80. The Morgan fingerprint density at radius 2 is 2.04 bits per heavy atom. The Morgan fingerprint density at radius 3 is 2.61 bits per heavy atom. The molecule has 2 aromatic rings. The highest BCUT2D eigenvalue weighted by molar-refractivity contribution is 7.90. The third kappa shape index (κ3) is 3.97. The van der Waals surface area contributed by atoms with E-state index >= 15 is 0 Å². The molecule has 1 unspecified atom stereocenters. The summed E-state index contributed by atoms with van der Waals surface area (Å²) in [4.78, 5) is 6.65. The molecule has 0 bridgehead atoms. The summed E-state index contributed by atoms with van der Waals surface area (Å²) >= 11 is 1.12. The minimum Gasteiger partial charge on any atom is -0.300 e. The van der Waals surface area contributed by atoms with Gasteiger partial charge in [0.05, 0.1) is 0 Å². The molecule has 1 aliphatic rings. The SMILES string of the molecule is CC1CCCN1CCc1ccc(-c2nc(S(C)(=O)=O)ns2)cc1. The standard InChI is InChI=1S/C16H21N3O2S2/c1-12-4-3-10-19(12)11-9-13-5-7-14(8-6-13)15-17-16(18-22-15)23(2,20)21/h5-8,12H,3-4,9-11H2,1-2H3. The zero-order valence-corrected chi connectivity index (χ0v) is 15.0. The molecular weight excluding hydrogens is 330 g/mol. The van der Waals surface area contributed by atoms with Crippen molar-refractivity contribution in [2.75, 3.05) is 19.3 Å². The second kappa shape index (κ2) is 6.67. The lowest BCUT2D eigenvalue weighted by atomic mass is 10.1. The smallest absolute Gasteiger partial charge is 0.259 e. The Bertz CT molecular complexity index is 769. The average Bonchev–Trinajstić information content (AvgIpc) is 3.14. The van der Waals surface area contributed by atoms with Gasteiger partial charge in [-0.2, -0.15) is 4.37 Å². The Morgan fingerprint density at radius 1 is 1.30 bits per heavy atom. The molecule has 1 aromatic carbocycles. The van der Waals surface area contributed by atoms with Gasteiger partial charge in [0.15, 0.2) is 0 Å². The van der Waals surface area contributed by atoms with E-state index in [1.807, 2.05) is 12.1 Å². The fraction of sp³-hybridized carbons (Fsp3) is 0.500. The summed E-state index contributed by atoms with van der Waals surface area (Å²) in [6.45, 7) is 4.60. The summed E-state index contributed by atoms with van der Waals surface area (Å²) in [5.41, 5.74) is 2.20. The van der Waals surface area contributed by atoms with Crippen LogP contribution < -0.4 is 0 Å². The normalized spacial score (nSPS) is 19.3. The molecule has 124 valence electrons. The highest BCUT2D eigenvalue weighted by Crippen LogP contribution is 2.24. The molecule has 0 aliphatic carbocycles. The molecule has 0 amide bonds. The van der Waals surface area contributed by atoms with E-state index in [1.165, 1.54) is 24.9 Å². The van der Waals surface area contributed by atoms with E-state index < -0.39 is 9.84 Å². The molecule has 5 nitrogen and oxygen atoms in total. The number of rotatable bonds is 5. The molecule has 23 heavy (non-hydrogen) atoms. The number of aromatic nitrogens is 2. The highest BCUT2D eigenvalue weighted by Gasteiger charge is 2.19. The predicted octanol–water partition coefficient (Wildman–Crippen LogP) is 2.64. The summed E-state index contributed by atoms with van der Waals surface area (Å²) in [5, 5.41) is 0.551. The summed E-state index contributed by atoms with van der Waals surface area (Å²) in [7, 11) is -3.34. The van der Waals surface area contributed by atoms with Gasteiger partial charge in [0.2, 0.25) is 9.84 Å². The van der Waals surface area contributed by atoms with Crippen LogP contribution in [-0.2, 0) is 16.3 Å². The topological polar surface area (TPSA) is 63.2 Å². The Hall–Kier alpha value is -1.31. The van der Waals surface area contributed by atoms with E-state index in [0.717, 1.165) is 36.3 Å². The molecule has 0 saturated carbocycles. The first-order valence-corrected chi connectivity index (χ1v) is 10.5. The largest absolute Gasteiger partial charge is 0.300 e. The van der Waals surface area contributed by atoms with Crippen molar-refractivity contribution in [3.63, 3.8) is 0 Å². The van der Waals surface area contributed by atoms with Crippen molar-refractivity contribution in [2.45, 2.75) is 37.4 Å². The molecule has 3 rings (SSSR count). The lowest BCUT2D eigenvalue weighted by Crippen LogP contribution is -2.28. The number of hydrogen-bond acceptors (Lipinski definition) is 6. The van der Waals surface area contributed by atoms with Gasteiger partial charge in [-0.05, 0) is 49.8 Å². The van der Waals surface area contributed by atoms with Gasteiger partial charge >= 0.3 is 0 Å². The van der Waals surface area contributed by atoms with E-state index in [4.69, 9.17) is 0 Å². The second-order valence-electron chi connectivity index (χ2n) is 6.13. The van der Waals surface area contributed by atoms with Crippen molar-refractivity contribution in [1.29, 1.82) is 0 Å². The molecule has 1 fully saturated rings. The van der Waals surface area contributed by atoms with Crippen molar-refractivity contribution in [3.8, 4) is 10.6 Å². The van der Waals surface area contributed by atoms with Crippen LogP contribution in [0.5, 0.6) is 0 Å². The van der Waals surface area contributed by atoms with Gasteiger partial charge in [-0.1, -0.05) is 24.3 Å². The third-order valence-corrected chi connectivity index (χ3v) is 6.04. The first-order chi connectivity index (χ1) is 10.9. The van der Waals surface area contributed by atoms with Crippen LogP contribution in [0.1, 0.15) is 25.3 Å². The van der Waals surface area contributed by atoms with E-state index in [-0.39, 0.29) is 5.16 Å². The van der Waals surface area contributed by atoms with Gasteiger partial charge in [0.1, 0.15) is 5.01 Å². The van der Waals surface area contributed by atoms with Crippen molar-refractivity contribution in [2.24, 2.45) is 0 Å². The molecule has 0 spiro atoms. The minimum atomic E-state index is -3.34. The summed E-state index contributed by atoms with van der Waals surface area (Å²) in [6.07, 6.45) is 4.77. The second-order valence-corrected chi connectivity index (χ2v) is 8.79. The molecule has 2 heterocycles. The molecule has 7 heteroatoms. The van der Waals surface area contributed by atoms with E-state index in [9.17, 15) is 8.42 Å². The van der Waals surface area contributed by atoms with Crippen LogP contribution in [0.4, 0.5) is 0 Å². The molecule has 1 atom stereocenters. The van der Waals surface area contributed by atoms with Crippen LogP contribution in [0, 0.1) is 0 Å². The zero-order valence-electron chi connectivity index (χ0n) is 13.4. The molecule has 0 radical (unpaired) electrons. The van der Waals surface area contributed by atoms with Crippen LogP contribution in [-0.4, -0.2) is 48.1 Å². The number of nitrogens with zero attached hydrogens (tertiary/aromatic N) is 3. The Kier molecular flexibility index (Phi) is 4.79. The van der Waals surface area contributed by atoms with Crippen molar-refractivity contribution in [1.82, 2.24) is 14.3 Å². The maximum absolute atomic E-state index is 11.4. The number of benzene rings is 1. The summed E-state index contributed by atoms with van der Waals surface area (Å²) in [5.74, 6) is 0. The number of likely N-dealkylation sites (tertiary alicyclic amines) is 1. The van der Waals surface area contributed by atoms with Gasteiger partial charge in [-0.25, -0.2) is 13.4 Å². The molecule has 1 aromatic heterocycles. The Balaban J connectivity index is 1.66.